The van der Waals surface area contributed by atoms with E-state index in [1.165, 1.54) is 5.48 Å². The summed E-state index contributed by atoms with van der Waals surface area (Å²) in [5.41, 5.74) is 18.6. The van der Waals surface area contributed by atoms with Gasteiger partial charge in [0.25, 0.3) is 0 Å². The number of primary amides is 1. The molecule has 0 saturated carbocycles. The molecule has 10 amide bonds. The second-order valence-corrected chi connectivity index (χ2v) is 18.3. The molecule has 0 aromatic heterocycles. The molecule has 1 unspecified atom stereocenters. The van der Waals surface area contributed by atoms with Crippen molar-refractivity contribution >= 4 is 71.0 Å². The van der Waals surface area contributed by atoms with Gasteiger partial charge in [-0.3, -0.25) is 48.6 Å². The van der Waals surface area contributed by atoms with Crippen molar-refractivity contribution in [2.45, 2.75) is 126 Å². The number of thioether (sulfide) groups is 1. The Balaban J connectivity index is 1.46. The van der Waals surface area contributed by atoms with E-state index in [4.69, 9.17) is 22.4 Å². The Hall–Kier alpha value is -6.17. The smallest absolute Gasteiger partial charge is 0.315 e. The van der Waals surface area contributed by atoms with E-state index in [1.807, 2.05) is 25.6 Å². The number of amides is 10. The van der Waals surface area contributed by atoms with Gasteiger partial charge in [0, 0.05) is 49.3 Å². The number of nitrogens with two attached hydrogens (primary N) is 3. The van der Waals surface area contributed by atoms with Gasteiger partial charge in [-0.25, -0.2) is 10.3 Å². The van der Waals surface area contributed by atoms with Gasteiger partial charge in [-0.1, -0.05) is 50.6 Å². The van der Waals surface area contributed by atoms with Crippen molar-refractivity contribution in [3.8, 4) is 0 Å². The van der Waals surface area contributed by atoms with Gasteiger partial charge in [0.05, 0.1) is 25.2 Å². The summed E-state index contributed by atoms with van der Waals surface area (Å²) < 4.78 is 0. The second-order valence-electron chi connectivity index (χ2n) is 17.1. The first-order valence-corrected chi connectivity index (χ1v) is 23.7. The number of aliphatic imine (C=N–C) groups is 1. The third-order valence-electron chi connectivity index (χ3n) is 11.0. The van der Waals surface area contributed by atoms with E-state index in [0.29, 0.717) is 36.6 Å². The summed E-state index contributed by atoms with van der Waals surface area (Å²) in [5, 5.41) is 30.8. The molecule has 16 N–H and O–H groups in total. The van der Waals surface area contributed by atoms with Gasteiger partial charge in [0.1, 0.15) is 18.1 Å². The molecule has 0 bridgehead atoms. The molecule has 1 aromatic rings. The predicted octanol–water partition coefficient (Wildman–Crippen LogP) is -1.98. The molecule has 67 heavy (non-hydrogen) atoms. The van der Waals surface area contributed by atoms with E-state index < -0.39 is 78.5 Å². The first-order chi connectivity index (χ1) is 31.9. The van der Waals surface area contributed by atoms with E-state index in [0.717, 1.165) is 25.0 Å². The molecule has 23 nitrogen and oxygen atoms in total. The Bertz CT molecular complexity index is 1870. The molecule has 0 aliphatic carbocycles. The summed E-state index contributed by atoms with van der Waals surface area (Å²) in [5.74, 6) is -5.41. The summed E-state index contributed by atoms with van der Waals surface area (Å²) >= 11 is 1.83. The number of hydrogen-bond donors (Lipinski definition) is 13. The predicted molar refractivity (Wildman–Crippen MR) is 249 cm³/mol. The van der Waals surface area contributed by atoms with Gasteiger partial charge in [0.2, 0.25) is 47.3 Å². The SMILES string of the molecule is CC(C)CC(CC(=O)NO)C(=O)N[C@@H](Cc1ccccc1)C(=O)N[C@@H](CCCN=C(N)N)C(=O)NCC(=O)NCC(=O)N[C@@H](CCCCNC(=O)CCCC[C@@H]1SC[C@@H]2NC(=O)N[C@@H]21)C(N)=O. The van der Waals surface area contributed by atoms with E-state index >= 15 is 0 Å². The number of rotatable bonds is 31. The average molecular weight is 960 g/mol. The molecule has 2 saturated heterocycles. The minimum absolute atomic E-state index is 0.00985. The summed E-state index contributed by atoms with van der Waals surface area (Å²) in [6.07, 6.45) is 4.24. The molecule has 2 heterocycles. The zero-order chi connectivity index (χ0) is 49.3. The Labute approximate surface area is 394 Å². The van der Waals surface area contributed by atoms with Crippen molar-refractivity contribution in [1.82, 2.24) is 48.0 Å². The lowest BCUT2D eigenvalue weighted by atomic mass is 9.92. The maximum atomic E-state index is 13.9. The summed E-state index contributed by atoms with van der Waals surface area (Å²) in [6, 6.07) is 5.48. The van der Waals surface area contributed by atoms with E-state index in [2.05, 4.69) is 47.5 Å². The molecule has 0 radical (unpaired) electrons. The van der Waals surface area contributed by atoms with Crippen LogP contribution >= 0.6 is 11.8 Å². The number of nitrogens with one attached hydrogen (secondary N) is 9. The fraction of sp³-hybridized carbons (Fsp3) is 0.628. The van der Waals surface area contributed by atoms with Crippen LogP contribution in [-0.2, 0) is 44.8 Å². The largest absolute Gasteiger partial charge is 0.370 e. The monoisotopic (exact) mass is 960 g/mol. The quantitative estimate of drug-likeness (QED) is 0.00960. The number of guanidine groups is 1. The fourth-order valence-corrected chi connectivity index (χ4v) is 9.19. The van der Waals surface area contributed by atoms with Crippen LogP contribution in [0.3, 0.4) is 0 Å². The van der Waals surface area contributed by atoms with Crippen LogP contribution in [0.15, 0.2) is 35.3 Å². The third-order valence-corrected chi connectivity index (χ3v) is 12.6. The lowest BCUT2D eigenvalue weighted by Crippen LogP contribution is -2.56. The molecule has 3 rings (SSSR count). The highest BCUT2D eigenvalue weighted by Crippen LogP contribution is 2.33. The average Bonchev–Trinajstić information content (AvgIpc) is 3.84. The van der Waals surface area contributed by atoms with Crippen LogP contribution in [0, 0.1) is 11.8 Å². The number of nitrogens with zero attached hydrogens (tertiary/aromatic N) is 1. The van der Waals surface area contributed by atoms with Crippen LogP contribution < -0.4 is 65.2 Å². The van der Waals surface area contributed by atoms with Gasteiger partial charge in [-0.2, -0.15) is 11.8 Å². The first kappa shape index (κ1) is 55.2. The van der Waals surface area contributed by atoms with Crippen LogP contribution in [0.25, 0.3) is 0 Å². The van der Waals surface area contributed by atoms with Crippen LogP contribution in [0.2, 0.25) is 0 Å². The maximum absolute atomic E-state index is 13.9. The minimum atomic E-state index is -1.24. The van der Waals surface area contributed by atoms with Crippen LogP contribution in [-0.4, -0.2) is 132 Å². The highest BCUT2D eigenvalue weighted by molar-refractivity contribution is 8.00. The number of carbonyl (C=O) groups excluding carboxylic acids is 9. The number of benzene rings is 1. The fourth-order valence-electron chi connectivity index (χ4n) is 7.64. The summed E-state index contributed by atoms with van der Waals surface area (Å²) in [4.78, 5) is 118. The molecule has 24 heteroatoms. The zero-order valence-electron chi connectivity index (χ0n) is 38.2. The lowest BCUT2D eigenvalue weighted by Gasteiger charge is -2.25. The molecule has 2 aliphatic heterocycles. The Morgan fingerprint density at radius 1 is 0.761 bits per heavy atom. The van der Waals surface area contributed by atoms with E-state index in [1.54, 1.807) is 30.3 Å². The highest BCUT2D eigenvalue weighted by Gasteiger charge is 2.42. The van der Waals surface area contributed by atoms with Crippen molar-refractivity contribution in [3.05, 3.63) is 35.9 Å². The molecule has 372 valence electrons. The lowest BCUT2D eigenvalue weighted by molar-refractivity contribution is -0.137. The van der Waals surface area contributed by atoms with Crippen molar-refractivity contribution < 1.29 is 48.4 Å². The van der Waals surface area contributed by atoms with Crippen molar-refractivity contribution in [2.24, 2.45) is 34.0 Å². The van der Waals surface area contributed by atoms with Gasteiger partial charge in [-0.05, 0) is 62.8 Å². The van der Waals surface area contributed by atoms with Crippen molar-refractivity contribution in [2.75, 3.05) is 31.9 Å². The number of urea groups is 1. The maximum Gasteiger partial charge on any atom is 0.315 e. The molecule has 1 aromatic carbocycles. The Kier molecular flexibility index (Phi) is 24.3. The molecule has 2 aliphatic rings. The van der Waals surface area contributed by atoms with Crippen molar-refractivity contribution in [3.63, 3.8) is 0 Å². The number of unbranched alkanes of at least 4 members (excludes halogenated alkanes) is 2. The molecule has 0 spiro atoms. The number of hydrogen-bond acceptors (Lipinski definition) is 12. The minimum Gasteiger partial charge on any atom is -0.370 e. The number of hydroxylamine groups is 1. The highest BCUT2D eigenvalue weighted by atomic mass is 32.2. The van der Waals surface area contributed by atoms with E-state index in [-0.39, 0.29) is 81.0 Å². The summed E-state index contributed by atoms with van der Waals surface area (Å²) in [6.45, 7) is 3.05. The van der Waals surface area contributed by atoms with Crippen LogP contribution in [0.1, 0.15) is 90.0 Å². The topological polar surface area (TPSA) is 373 Å². The van der Waals surface area contributed by atoms with Gasteiger partial charge in [0.15, 0.2) is 5.96 Å². The Morgan fingerprint density at radius 3 is 2.15 bits per heavy atom. The van der Waals surface area contributed by atoms with Gasteiger partial charge in [-0.15, -0.1) is 0 Å². The van der Waals surface area contributed by atoms with Crippen LogP contribution in [0.4, 0.5) is 4.79 Å². The molecular weight excluding hydrogens is 891 g/mol. The molecule has 7 atom stereocenters. The normalized spacial score (nSPS) is 17.8. The third kappa shape index (κ3) is 21.3. The standard InChI is InChI=1S/C43H69N13O10S/c1-25(2)19-27(21-34(58)56-66)39(62)53-30(20-26-11-4-3-5-12-26)41(64)52-29(14-10-18-48-42(45)46)40(63)50-22-35(59)49-23-36(60)51-28(38(44)61)13-8-9-17-47-33(57)16-7-6-15-32-37-31(24-67-32)54-43(65)55-37/h3-5,11-12,25,27-32,37,66H,6-10,13-24H2,1-2H3,(H2,44,61)(H,47,57)(H,49,59)(H,50,63)(H,51,60)(H,52,64)(H,53,62)(H,56,58)(H4,45,46,48)(H2,54,55,65)/t27?,28-,29-,30-,31-,32-,37-/m0/s1. The number of fused-ring (bicyclic) bond motifs is 1. The first-order valence-electron chi connectivity index (χ1n) is 22.7. The van der Waals surface area contributed by atoms with Crippen LogP contribution in [0.5, 0.6) is 0 Å². The zero-order valence-corrected chi connectivity index (χ0v) is 39.1. The molecular formula is C43H69N13O10S. The molecule has 2 fully saturated rings. The number of carbonyl (C=O) groups is 9. The van der Waals surface area contributed by atoms with Crippen molar-refractivity contribution in [1.29, 1.82) is 0 Å². The van der Waals surface area contributed by atoms with E-state index in [9.17, 15) is 43.2 Å². The second kappa shape index (κ2) is 29.5. The Morgan fingerprint density at radius 2 is 1.46 bits per heavy atom. The van der Waals surface area contributed by atoms with Gasteiger partial charge < -0.3 is 59.7 Å². The summed E-state index contributed by atoms with van der Waals surface area (Å²) in [7, 11) is 0. The van der Waals surface area contributed by atoms with Gasteiger partial charge >= 0.3 is 6.03 Å².